The van der Waals surface area contributed by atoms with Crippen molar-refractivity contribution in [1.29, 1.82) is 0 Å². The fraction of sp³-hybridized carbons (Fsp3) is 0.634. The first-order valence-electron chi connectivity index (χ1n) is 20.2. The fourth-order valence-corrected chi connectivity index (χ4v) is 6.59. The van der Waals surface area contributed by atoms with Crippen molar-refractivity contribution in [3.8, 4) is 0 Å². The Bertz CT molecular complexity index is 1740. The van der Waals surface area contributed by atoms with E-state index in [1.54, 1.807) is 0 Å². The number of hydrogen-bond acceptors (Lipinski definition) is 8. The summed E-state index contributed by atoms with van der Waals surface area (Å²) in [6.07, 6.45) is -27.8. The number of carbonyl (C=O) groups excluding carboxylic acids is 1. The largest absolute Gasteiger partial charge is 0.481 e. The van der Waals surface area contributed by atoms with E-state index >= 15 is 0 Å². The Kier molecular flexibility index (Phi) is 24.4. The van der Waals surface area contributed by atoms with E-state index in [-0.39, 0.29) is 51.4 Å². The molecule has 65 heavy (non-hydrogen) atoms. The van der Waals surface area contributed by atoms with Crippen LogP contribution in [0.1, 0.15) is 71.9 Å². The molecule has 0 aliphatic carbocycles. The van der Waals surface area contributed by atoms with Gasteiger partial charge in [-0.15, -0.1) is 12.4 Å². The van der Waals surface area contributed by atoms with Gasteiger partial charge in [0.25, 0.3) is 6.10 Å². The van der Waals surface area contributed by atoms with Gasteiger partial charge < -0.3 is 30.3 Å². The van der Waals surface area contributed by atoms with Crippen LogP contribution in [-0.2, 0) is 40.3 Å². The molecule has 2 aromatic rings. The van der Waals surface area contributed by atoms with Gasteiger partial charge in [-0.2, -0.15) is 52.7 Å². The van der Waals surface area contributed by atoms with Crippen molar-refractivity contribution in [2.45, 2.75) is 115 Å². The third-order valence-electron chi connectivity index (χ3n) is 9.96. The van der Waals surface area contributed by atoms with E-state index < -0.39 is 54.9 Å². The number of hydrogen-bond donors (Lipinski definition) is 4. The number of nitrogens with one attached hydrogen (secondary N) is 1. The summed E-state index contributed by atoms with van der Waals surface area (Å²) in [4.78, 5) is 38.4. The van der Waals surface area contributed by atoms with Crippen molar-refractivity contribution < 1.29 is 87.1 Å². The van der Waals surface area contributed by atoms with Crippen LogP contribution in [0.2, 0.25) is 0 Å². The van der Waals surface area contributed by atoms with E-state index in [0.29, 0.717) is 25.8 Å². The second-order valence-corrected chi connectivity index (χ2v) is 15.4. The molecule has 4 rings (SSSR count). The number of unbranched alkanes of at least 4 members (excludes halogenated alkanes) is 2. The lowest BCUT2D eigenvalue weighted by Crippen LogP contribution is -2.52. The van der Waals surface area contributed by atoms with E-state index in [2.05, 4.69) is 40.1 Å². The Morgan fingerprint density at radius 2 is 0.985 bits per heavy atom. The highest BCUT2D eigenvalue weighted by atomic mass is 35.5. The molecule has 2 aromatic carbocycles. The number of ether oxygens (including phenoxy) is 1. The highest BCUT2D eigenvalue weighted by molar-refractivity contribution is 5.85. The Labute approximate surface area is 374 Å². The number of nitrogens with zero attached hydrogens (tertiary/aromatic N) is 3. The zero-order valence-electron chi connectivity index (χ0n) is 35.6. The molecule has 2 heterocycles. The first-order valence-corrected chi connectivity index (χ1v) is 20.2. The quantitative estimate of drug-likeness (QED) is 0.101. The maximum Gasteiger partial charge on any atom is 0.434 e. The first-order chi connectivity index (χ1) is 29.6. The van der Waals surface area contributed by atoms with Gasteiger partial charge >= 0.3 is 42.7 Å². The number of carboxylic acid groups (broad SMARTS) is 2. The molecule has 2 saturated heterocycles. The zero-order chi connectivity index (χ0) is 48.5. The molecule has 2 aliphatic rings. The number of alkyl halides is 12. The Morgan fingerprint density at radius 1 is 0.600 bits per heavy atom. The number of amides is 1. The Balaban J connectivity index is 0.000000561. The molecule has 1 amide bonds. The van der Waals surface area contributed by atoms with Crippen molar-refractivity contribution in [2.75, 3.05) is 52.4 Å². The smallest absolute Gasteiger partial charge is 0.434 e. The van der Waals surface area contributed by atoms with Crippen LogP contribution < -0.4 is 5.32 Å². The van der Waals surface area contributed by atoms with Crippen LogP contribution in [0, 0.1) is 13.8 Å². The average molecular weight is 979 g/mol. The number of aliphatic carboxylic acids is 2. The van der Waals surface area contributed by atoms with Crippen molar-refractivity contribution in [3.05, 3.63) is 69.8 Å². The van der Waals surface area contributed by atoms with Crippen LogP contribution >= 0.6 is 12.4 Å². The van der Waals surface area contributed by atoms with Gasteiger partial charge in [0.2, 0.25) is 6.10 Å². The maximum atomic E-state index is 12.6. The lowest BCUT2D eigenvalue weighted by atomic mass is 9.98. The van der Waals surface area contributed by atoms with E-state index in [9.17, 15) is 67.1 Å². The molecule has 2 aliphatic heterocycles. The summed E-state index contributed by atoms with van der Waals surface area (Å²) in [7, 11) is 0. The summed E-state index contributed by atoms with van der Waals surface area (Å²) < 4.78 is 145. The number of carbonyl (C=O) groups is 3. The Hall–Kier alpha value is -4.06. The minimum Gasteiger partial charge on any atom is -0.481 e. The first kappa shape index (κ1) is 59.0. The van der Waals surface area contributed by atoms with E-state index in [0.717, 1.165) is 73.6 Å². The molecule has 24 heteroatoms. The topological polar surface area (TPSA) is 143 Å². The fourth-order valence-electron chi connectivity index (χ4n) is 6.59. The number of aliphatic hydroxyl groups excluding tert-OH is 1. The normalized spacial score (nSPS) is 15.4. The van der Waals surface area contributed by atoms with E-state index in [1.807, 2.05) is 30.0 Å². The molecule has 0 bridgehead atoms. The number of rotatable bonds is 15. The highest BCUT2D eigenvalue weighted by Crippen LogP contribution is 2.36. The third-order valence-corrected chi connectivity index (χ3v) is 9.96. The molecule has 4 N–H and O–H groups in total. The van der Waals surface area contributed by atoms with Gasteiger partial charge in [0.1, 0.15) is 0 Å². The van der Waals surface area contributed by atoms with Gasteiger partial charge in [0, 0.05) is 78.3 Å². The SMILES string of the molecule is Cc1ccc(CN2CCN(C(=O)OC(C(F)(F)F)C(F)(F)F)CC2)c(CCCCC(=O)O)c1.Cc1ccc(CN2CCNCC2)c(CCCCC(=O)O)c1.Cl.OC(C(F)(F)F)C(F)(F)F. The van der Waals surface area contributed by atoms with Crippen LogP contribution in [0.5, 0.6) is 0 Å². The van der Waals surface area contributed by atoms with E-state index in [1.165, 1.54) is 16.7 Å². The van der Waals surface area contributed by atoms with Crippen molar-refractivity contribution in [1.82, 2.24) is 20.0 Å². The molecule has 2 fully saturated rings. The van der Waals surface area contributed by atoms with Gasteiger partial charge in [-0.3, -0.25) is 19.4 Å². The average Bonchev–Trinajstić information content (AvgIpc) is 3.18. The molecular weight excluding hydrogens is 924 g/mol. The van der Waals surface area contributed by atoms with Crippen LogP contribution in [0.15, 0.2) is 36.4 Å². The number of aryl methyl sites for hydroxylation is 4. The van der Waals surface area contributed by atoms with Crippen molar-refractivity contribution in [2.24, 2.45) is 0 Å². The summed E-state index contributed by atoms with van der Waals surface area (Å²) in [6.45, 7) is 10.3. The van der Waals surface area contributed by atoms with E-state index in [4.69, 9.17) is 15.3 Å². The van der Waals surface area contributed by atoms with Gasteiger partial charge in [-0.05, 0) is 74.6 Å². The van der Waals surface area contributed by atoms with Crippen LogP contribution in [0.25, 0.3) is 0 Å². The zero-order valence-corrected chi connectivity index (χ0v) is 36.4. The summed E-state index contributed by atoms with van der Waals surface area (Å²) >= 11 is 0. The molecular formula is C41H55ClF12N4O7. The molecule has 0 saturated carbocycles. The predicted molar refractivity (Wildman–Crippen MR) is 215 cm³/mol. The molecule has 0 unspecified atom stereocenters. The van der Waals surface area contributed by atoms with Gasteiger partial charge in [0.05, 0.1) is 0 Å². The number of piperazine rings is 2. The predicted octanol–water partition coefficient (Wildman–Crippen LogP) is 8.63. The molecule has 0 spiro atoms. The second kappa shape index (κ2) is 26.9. The summed E-state index contributed by atoms with van der Waals surface area (Å²) in [6, 6.07) is 12.6. The molecule has 11 nitrogen and oxygen atoms in total. The number of benzene rings is 2. The van der Waals surface area contributed by atoms with Crippen molar-refractivity contribution >= 4 is 30.4 Å². The van der Waals surface area contributed by atoms with Gasteiger partial charge in [-0.25, -0.2) is 4.79 Å². The van der Waals surface area contributed by atoms with Crippen LogP contribution in [0.4, 0.5) is 57.5 Å². The van der Waals surface area contributed by atoms with Crippen LogP contribution in [-0.4, -0.2) is 137 Å². The monoisotopic (exact) mass is 978 g/mol. The van der Waals surface area contributed by atoms with Crippen LogP contribution in [0.3, 0.4) is 0 Å². The minimum atomic E-state index is -5.75. The summed E-state index contributed by atoms with van der Waals surface area (Å²) in [5.41, 5.74) is 7.18. The molecule has 0 radical (unpaired) electrons. The second-order valence-electron chi connectivity index (χ2n) is 15.4. The number of carboxylic acids is 2. The Morgan fingerprint density at radius 3 is 1.32 bits per heavy atom. The molecule has 0 atom stereocenters. The highest BCUT2D eigenvalue weighted by Gasteiger charge is 2.60. The lowest BCUT2D eigenvalue weighted by Gasteiger charge is -2.35. The molecule has 0 aromatic heterocycles. The van der Waals surface area contributed by atoms with Gasteiger partial charge in [-0.1, -0.05) is 47.5 Å². The third kappa shape index (κ3) is 22.8. The molecule has 372 valence electrons. The maximum absolute atomic E-state index is 12.6. The summed E-state index contributed by atoms with van der Waals surface area (Å²) in [5.74, 6) is -1.55. The van der Waals surface area contributed by atoms with Gasteiger partial charge in [0.15, 0.2) is 0 Å². The standard InChI is InChI=1S/C21H26F6N2O4.C17H26N2O2.C3H2F6O.ClH/c1-14-6-7-16(15(12-14)4-2-3-5-17(30)31)13-28-8-10-29(11-9-28)19(32)33-18(20(22,23)24)21(25,26)27;1-14-6-7-16(13-19-10-8-18-9-11-19)15(12-14)4-2-3-5-17(20)21;4-2(5,6)1(10)3(7,8)9;/h6-7,12,18H,2-5,8-11,13H2,1H3,(H,30,31);6-7,12,18H,2-5,8-11,13H2,1H3,(H,20,21);1,10H;1H. The lowest BCUT2D eigenvalue weighted by molar-refractivity contribution is -0.309. The van der Waals surface area contributed by atoms with Crippen molar-refractivity contribution in [3.63, 3.8) is 0 Å². The summed E-state index contributed by atoms with van der Waals surface area (Å²) in [5, 5.41) is 28.3. The number of halogens is 13. The number of aliphatic hydroxyl groups is 1. The minimum absolute atomic E-state index is 0.